The van der Waals surface area contributed by atoms with Crippen molar-refractivity contribution in [2.75, 3.05) is 19.7 Å². The van der Waals surface area contributed by atoms with Gasteiger partial charge in [0.1, 0.15) is 0 Å². The maximum absolute atomic E-state index is 12.3. The second-order valence-electron chi connectivity index (χ2n) is 3.83. The molecule has 0 amide bonds. The summed E-state index contributed by atoms with van der Waals surface area (Å²) >= 11 is 0. The van der Waals surface area contributed by atoms with Gasteiger partial charge in [-0.3, -0.25) is 10.1 Å². The van der Waals surface area contributed by atoms with E-state index in [1.54, 1.807) is 6.92 Å². The normalized spacial score (nSPS) is 11.7. The molecule has 0 atom stereocenters. The Labute approximate surface area is 111 Å². The molecule has 0 spiro atoms. The summed E-state index contributed by atoms with van der Waals surface area (Å²) < 4.78 is 25.7. The molecule has 106 valence electrons. The lowest BCUT2D eigenvalue weighted by atomic mass is 10.3. The number of aliphatic hydroxyl groups is 1. The number of non-ortho nitro benzene ring substituents is 1. The number of sulfonamides is 1. The lowest BCUT2D eigenvalue weighted by molar-refractivity contribution is -0.385. The number of aliphatic hydroxyl groups excluding tert-OH is 1. The lowest BCUT2D eigenvalue weighted by Crippen LogP contribution is -2.32. The number of benzene rings is 1. The van der Waals surface area contributed by atoms with Gasteiger partial charge < -0.3 is 5.11 Å². The number of rotatable bonds is 7. The quantitative estimate of drug-likeness (QED) is 0.595. The first kappa shape index (κ1) is 15.5. The molecule has 0 aromatic heterocycles. The van der Waals surface area contributed by atoms with E-state index in [1.165, 1.54) is 22.5 Å². The highest BCUT2D eigenvalue weighted by molar-refractivity contribution is 7.89. The summed E-state index contributed by atoms with van der Waals surface area (Å²) in [5.74, 6) is 0. The number of nitro groups is 1. The van der Waals surface area contributed by atoms with Gasteiger partial charge in [-0.15, -0.1) is 0 Å². The number of hydrogen-bond acceptors (Lipinski definition) is 5. The monoisotopic (exact) mass is 288 g/mol. The first-order valence-electron chi connectivity index (χ1n) is 5.79. The van der Waals surface area contributed by atoms with Gasteiger partial charge in [0.2, 0.25) is 10.0 Å². The fourth-order valence-corrected chi connectivity index (χ4v) is 3.13. The van der Waals surface area contributed by atoms with Crippen LogP contribution in [-0.2, 0) is 10.0 Å². The first-order valence-corrected chi connectivity index (χ1v) is 7.23. The van der Waals surface area contributed by atoms with Crippen molar-refractivity contribution in [3.8, 4) is 0 Å². The molecule has 0 fully saturated rings. The van der Waals surface area contributed by atoms with E-state index in [0.29, 0.717) is 6.42 Å². The van der Waals surface area contributed by atoms with Crippen molar-refractivity contribution in [2.24, 2.45) is 0 Å². The average molecular weight is 288 g/mol. The van der Waals surface area contributed by atoms with Gasteiger partial charge >= 0.3 is 0 Å². The van der Waals surface area contributed by atoms with E-state index in [9.17, 15) is 18.5 Å². The van der Waals surface area contributed by atoms with E-state index in [0.717, 1.165) is 6.07 Å². The maximum atomic E-state index is 12.3. The van der Waals surface area contributed by atoms with Gasteiger partial charge in [0.25, 0.3) is 5.69 Å². The van der Waals surface area contributed by atoms with Gasteiger partial charge in [0.15, 0.2) is 0 Å². The molecule has 1 aromatic rings. The third-order valence-corrected chi connectivity index (χ3v) is 4.55. The fraction of sp³-hybridized carbons (Fsp3) is 0.455. The van der Waals surface area contributed by atoms with Gasteiger partial charge in [-0.05, 0) is 12.5 Å². The van der Waals surface area contributed by atoms with Crippen LogP contribution in [0.5, 0.6) is 0 Å². The summed E-state index contributed by atoms with van der Waals surface area (Å²) in [4.78, 5) is 9.91. The van der Waals surface area contributed by atoms with Crippen LogP contribution in [0.25, 0.3) is 0 Å². The number of nitro benzene ring substituents is 1. The smallest absolute Gasteiger partial charge is 0.270 e. The lowest BCUT2D eigenvalue weighted by Gasteiger charge is -2.19. The molecule has 1 N–H and O–H groups in total. The van der Waals surface area contributed by atoms with Crippen LogP contribution in [0.4, 0.5) is 5.69 Å². The summed E-state index contributed by atoms with van der Waals surface area (Å²) in [6.07, 6.45) is 0.321. The van der Waals surface area contributed by atoms with Crippen molar-refractivity contribution in [3.63, 3.8) is 0 Å². The standard InChI is InChI=1S/C11H16N2O5S/c1-2-12(7-4-8-14)19(17,18)11-6-3-5-10(9-11)13(15)16/h3,5-6,9,14H,2,4,7-8H2,1H3. The Kier molecular flexibility index (Phi) is 5.40. The van der Waals surface area contributed by atoms with Crippen LogP contribution in [0.1, 0.15) is 13.3 Å². The minimum atomic E-state index is -3.76. The molecule has 0 unspecified atom stereocenters. The van der Waals surface area contributed by atoms with E-state index in [1.807, 2.05) is 0 Å². The zero-order valence-corrected chi connectivity index (χ0v) is 11.3. The molecule has 0 bridgehead atoms. The SMILES string of the molecule is CCN(CCCO)S(=O)(=O)c1cccc([N+](=O)[O-])c1. The van der Waals surface area contributed by atoms with Crippen LogP contribution in [0.15, 0.2) is 29.2 Å². The van der Waals surface area contributed by atoms with Gasteiger partial charge in [-0.2, -0.15) is 4.31 Å². The molecular formula is C11H16N2O5S. The summed E-state index contributed by atoms with van der Waals surface area (Å²) in [7, 11) is -3.76. The molecule has 8 heteroatoms. The maximum Gasteiger partial charge on any atom is 0.270 e. The summed E-state index contributed by atoms with van der Waals surface area (Å²) in [6, 6.07) is 4.94. The van der Waals surface area contributed by atoms with E-state index < -0.39 is 14.9 Å². The predicted octanol–water partition coefficient (Wildman–Crippen LogP) is 0.988. The second kappa shape index (κ2) is 6.60. The zero-order chi connectivity index (χ0) is 14.5. The number of nitrogens with zero attached hydrogens (tertiary/aromatic N) is 2. The molecule has 0 saturated heterocycles. The Morgan fingerprint density at radius 3 is 2.63 bits per heavy atom. The largest absolute Gasteiger partial charge is 0.396 e. The predicted molar refractivity (Wildman–Crippen MR) is 69.2 cm³/mol. The molecule has 0 aliphatic heterocycles. The van der Waals surface area contributed by atoms with Crippen LogP contribution in [0.3, 0.4) is 0 Å². The van der Waals surface area contributed by atoms with Crippen molar-refractivity contribution in [3.05, 3.63) is 34.4 Å². The molecule has 0 radical (unpaired) electrons. The van der Waals surface area contributed by atoms with Gasteiger partial charge in [-0.1, -0.05) is 13.0 Å². The van der Waals surface area contributed by atoms with E-state index in [2.05, 4.69) is 0 Å². The Bertz CT molecular complexity index is 544. The molecule has 19 heavy (non-hydrogen) atoms. The van der Waals surface area contributed by atoms with Crippen molar-refractivity contribution in [1.82, 2.24) is 4.31 Å². The summed E-state index contributed by atoms with van der Waals surface area (Å²) in [5, 5.41) is 19.4. The zero-order valence-electron chi connectivity index (χ0n) is 10.5. The molecule has 1 aromatic carbocycles. The van der Waals surface area contributed by atoms with Crippen LogP contribution in [-0.4, -0.2) is 42.4 Å². The van der Waals surface area contributed by atoms with Crippen molar-refractivity contribution in [2.45, 2.75) is 18.2 Å². The molecular weight excluding hydrogens is 272 g/mol. The molecule has 7 nitrogen and oxygen atoms in total. The van der Waals surface area contributed by atoms with Crippen molar-refractivity contribution < 1.29 is 18.4 Å². The van der Waals surface area contributed by atoms with Crippen molar-refractivity contribution in [1.29, 1.82) is 0 Å². The first-order chi connectivity index (χ1) is 8.93. The van der Waals surface area contributed by atoms with Gasteiger partial charge in [-0.25, -0.2) is 8.42 Å². The Morgan fingerprint density at radius 2 is 2.11 bits per heavy atom. The molecule has 0 saturated carbocycles. The van der Waals surface area contributed by atoms with E-state index >= 15 is 0 Å². The summed E-state index contributed by atoms with van der Waals surface area (Å²) in [6.45, 7) is 1.98. The fourth-order valence-electron chi connectivity index (χ4n) is 1.60. The van der Waals surface area contributed by atoms with Crippen LogP contribution < -0.4 is 0 Å². The highest BCUT2D eigenvalue weighted by Gasteiger charge is 2.24. The third-order valence-electron chi connectivity index (χ3n) is 2.58. The minimum Gasteiger partial charge on any atom is -0.396 e. The highest BCUT2D eigenvalue weighted by atomic mass is 32.2. The molecule has 0 aliphatic rings. The van der Waals surface area contributed by atoms with E-state index in [-0.39, 0.29) is 30.3 Å². The molecule has 0 heterocycles. The Balaban J connectivity index is 3.11. The minimum absolute atomic E-state index is 0.110. The second-order valence-corrected chi connectivity index (χ2v) is 5.77. The van der Waals surface area contributed by atoms with Gasteiger partial charge in [0, 0.05) is 31.8 Å². The summed E-state index contributed by atoms with van der Waals surface area (Å²) in [5.41, 5.74) is -0.265. The van der Waals surface area contributed by atoms with Crippen molar-refractivity contribution >= 4 is 15.7 Å². The highest BCUT2D eigenvalue weighted by Crippen LogP contribution is 2.20. The molecule has 0 aliphatic carbocycles. The Morgan fingerprint density at radius 1 is 1.42 bits per heavy atom. The van der Waals surface area contributed by atoms with Crippen LogP contribution in [0, 0.1) is 10.1 Å². The van der Waals surface area contributed by atoms with Crippen LogP contribution in [0.2, 0.25) is 0 Å². The third kappa shape index (κ3) is 3.72. The molecule has 1 rings (SSSR count). The average Bonchev–Trinajstić information content (AvgIpc) is 2.39. The van der Waals surface area contributed by atoms with Crippen LogP contribution >= 0.6 is 0 Å². The van der Waals surface area contributed by atoms with Gasteiger partial charge in [0.05, 0.1) is 9.82 Å². The topological polar surface area (TPSA) is 101 Å². The Hall–Kier alpha value is -1.51. The number of hydrogen-bond donors (Lipinski definition) is 1. The van der Waals surface area contributed by atoms with E-state index in [4.69, 9.17) is 5.11 Å².